The topological polar surface area (TPSA) is 15.3 Å². The quantitative estimate of drug-likeness (QED) is 0.747. The minimum Gasteiger partial charge on any atom is -0.316 e. The van der Waals surface area contributed by atoms with Crippen LogP contribution in [0.3, 0.4) is 0 Å². The van der Waals surface area contributed by atoms with Gasteiger partial charge in [0.2, 0.25) is 0 Å². The molecule has 16 heavy (non-hydrogen) atoms. The lowest BCUT2D eigenvalue weighted by Crippen LogP contribution is -2.27. The number of halogens is 2. The number of rotatable bonds is 6. The Morgan fingerprint density at radius 3 is 2.25 bits per heavy atom. The van der Waals surface area contributed by atoms with Gasteiger partial charge < -0.3 is 10.2 Å². The van der Waals surface area contributed by atoms with Crippen molar-refractivity contribution in [1.29, 1.82) is 0 Å². The Balaban J connectivity index is 0. The summed E-state index contributed by atoms with van der Waals surface area (Å²) >= 11 is 0. The monoisotopic (exact) mass is 270 g/mol. The van der Waals surface area contributed by atoms with Gasteiger partial charge in [-0.2, -0.15) is 0 Å². The lowest BCUT2D eigenvalue weighted by atomic mass is 9.89. The highest BCUT2D eigenvalue weighted by atomic mass is 35.5. The fourth-order valence-corrected chi connectivity index (χ4v) is 2.22. The van der Waals surface area contributed by atoms with Crippen molar-refractivity contribution in [3.63, 3.8) is 0 Å². The first kappa shape index (κ1) is 18.9. The van der Waals surface area contributed by atoms with Crippen LogP contribution in [0.15, 0.2) is 0 Å². The normalized spacial score (nSPS) is 16.7. The molecule has 0 unspecified atom stereocenters. The lowest BCUT2D eigenvalue weighted by Gasteiger charge is -2.21. The number of hydrogen-bond donors (Lipinski definition) is 1. The van der Waals surface area contributed by atoms with Crippen LogP contribution in [0.2, 0.25) is 0 Å². The van der Waals surface area contributed by atoms with Gasteiger partial charge in [0.1, 0.15) is 0 Å². The summed E-state index contributed by atoms with van der Waals surface area (Å²) < 4.78 is 0. The minimum atomic E-state index is 0. The standard InChI is InChI=1S/C12H26N2.2ClH/c1-14(2)10-6-9-13-11-12-7-4-3-5-8-12;;/h12-13H,3-11H2,1-2H3;2*1H. The lowest BCUT2D eigenvalue weighted by molar-refractivity contribution is 0.335. The number of nitrogens with zero attached hydrogens (tertiary/aromatic N) is 1. The van der Waals surface area contributed by atoms with Crippen LogP contribution in [0, 0.1) is 5.92 Å². The van der Waals surface area contributed by atoms with Crippen molar-refractivity contribution in [2.24, 2.45) is 5.92 Å². The molecule has 0 saturated heterocycles. The largest absolute Gasteiger partial charge is 0.316 e. The summed E-state index contributed by atoms with van der Waals surface area (Å²) in [6, 6.07) is 0. The van der Waals surface area contributed by atoms with Gasteiger partial charge in [0.15, 0.2) is 0 Å². The van der Waals surface area contributed by atoms with E-state index in [1.165, 1.54) is 58.2 Å². The van der Waals surface area contributed by atoms with E-state index in [1.54, 1.807) is 0 Å². The summed E-state index contributed by atoms with van der Waals surface area (Å²) in [7, 11) is 4.28. The molecule has 0 radical (unpaired) electrons. The predicted molar refractivity (Wildman–Crippen MR) is 77.1 cm³/mol. The van der Waals surface area contributed by atoms with Crippen molar-refractivity contribution in [1.82, 2.24) is 10.2 Å². The van der Waals surface area contributed by atoms with Crippen molar-refractivity contribution in [2.75, 3.05) is 33.7 Å². The van der Waals surface area contributed by atoms with Gasteiger partial charge >= 0.3 is 0 Å². The molecule has 0 bridgehead atoms. The maximum absolute atomic E-state index is 3.58. The molecule has 1 saturated carbocycles. The fraction of sp³-hybridized carbons (Fsp3) is 1.00. The molecular formula is C12H28Cl2N2. The molecule has 1 fully saturated rings. The van der Waals surface area contributed by atoms with E-state index in [0.29, 0.717) is 0 Å². The molecule has 0 heterocycles. The molecule has 0 amide bonds. The van der Waals surface area contributed by atoms with Crippen LogP contribution in [0.1, 0.15) is 38.5 Å². The van der Waals surface area contributed by atoms with Crippen LogP contribution in [0.5, 0.6) is 0 Å². The summed E-state index contributed by atoms with van der Waals surface area (Å²) in [5.41, 5.74) is 0. The van der Waals surface area contributed by atoms with Gasteiger partial charge in [0, 0.05) is 0 Å². The molecule has 0 atom stereocenters. The second-order valence-corrected chi connectivity index (χ2v) is 4.86. The van der Waals surface area contributed by atoms with Crippen LogP contribution < -0.4 is 5.32 Å². The van der Waals surface area contributed by atoms with E-state index in [-0.39, 0.29) is 24.8 Å². The molecule has 1 aliphatic carbocycles. The van der Waals surface area contributed by atoms with E-state index in [0.717, 1.165) is 5.92 Å². The second kappa shape index (κ2) is 12.0. The van der Waals surface area contributed by atoms with Gasteiger partial charge in [-0.3, -0.25) is 0 Å². The van der Waals surface area contributed by atoms with E-state index < -0.39 is 0 Å². The summed E-state index contributed by atoms with van der Waals surface area (Å²) in [5.74, 6) is 0.975. The van der Waals surface area contributed by atoms with Crippen molar-refractivity contribution < 1.29 is 0 Å². The van der Waals surface area contributed by atoms with Crippen molar-refractivity contribution in [3.8, 4) is 0 Å². The Labute approximate surface area is 113 Å². The third kappa shape index (κ3) is 9.71. The van der Waals surface area contributed by atoms with Gasteiger partial charge in [-0.25, -0.2) is 0 Å². The predicted octanol–water partition coefficient (Wildman–Crippen LogP) is 2.95. The zero-order chi connectivity index (χ0) is 10.2. The van der Waals surface area contributed by atoms with E-state index in [9.17, 15) is 0 Å². The molecule has 0 aromatic rings. The summed E-state index contributed by atoms with van der Waals surface area (Å²) in [6.07, 6.45) is 8.59. The van der Waals surface area contributed by atoms with Crippen LogP contribution in [0.4, 0.5) is 0 Å². The summed E-state index contributed by atoms with van der Waals surface area (Å²) in [6.45, 7) is 3.65. The zero-order valence-electron chi connectivity index (χ0n) is 10.7. The first-order valence-corrected chi connectivity index (χ1v) is 6.14. The van der Waals surface area contributed by atoms with E-state index in [1.807, 2.05) is 0 Å². The minimum absolute atomic E-state index is 0. The number of hydrogen-bond acceptors (Lipinski definition) is 2. The highest BCUT2D eigenvalue weighted by molar-refractivity contribution is 5.85. The highest BCUT2D eigenvalue weighted by Crippen LogP contribution is 2.22. The molecule has 1 rings (SSSR count). The van der Waals surface area contributed by atoms with Gasteiger partial charge in [0.05, 0.1) is 0 Å². The second-order valence-electron chi connectivity index (χ2n) is 4.86. The van der Waals surface area contributed by atoms with Crippen LogP contribution in [0.25, 0.3) is 0 Å². The van der Waals surface area contributed by atoms with Crippen molar-refractivity contribution >= 4 is 24.8 Å². The molecule has 0 aromatic carbocycles. The molecule has 0 spiro atoms. The van der Waals surface area contributed by atoms with Crippen molar-refractivity contribution in [2.45, 2.75) is 38.5 Å². The third-order valence-corrected chi connectivity index (χ3v) is 3.12. The zero-order valence-corrected chi connectivity index (χ0v) is 12.3. The Morgan fingerprint density at radius 1 is 1.06 bits per heavy atom. The van der Waals surface area contributed by atoms with E-state index >= 15 is 0 Å². The average Bonchev–Trinajstić information content (AvgIpc) is 2.18. The van der Waals surface area contributed by atoms with Gasteiger partial charge in [-0.05, 0) is 58.9 Å². The Bertz CT molecular complexity index is 137. The smallest absolute Gasteiger partial charge is 0.00127 e. The van der Waals surface area contributed by atoms with Gasteiger partial charge in [0.25, 0.3) is 0 Å². The summed E-state index contributed by atoms with van der Waals surface area (Å²) in [4.78, 5) is 2.25. The molecule has 1 N–H and O–H groups in total. The average molecular weight is 271 g/mol. The Morgan fingerprint density at radius 2 is 1.69 bits per heavy atom. The highest BCUT2D eigenvalue weighted by Gasteiger charge is 2.11. The van der Waals surface area contributed by atoms with Crippen molar-refractivity contribution in [3.05, 3.63) is 0 Å². The first-order chi connectivity index (χ1) is 6.79. The SMILES string of the molecule is CN(C)CCCNCC1CCCCC1.Cl.Cl. The molecule has 0 aliphatic heterocycles. The third-order valence-electron chi connectivity index (χ3n) is 3.12. The van der Waals surface area contributed by atoms with E-state index in [4.69, 9.17) is 0 Å². The van der Waals surface area contributed by atoms with Crippen LogP contribution in [-0.2, 0) is 0 Å². The first-order valence-electron chi connectivity index (χ1n) is 6.14. The fourth-order valence-electron chi connectivity index (χ4n) is 2.22. The van der Waals surface area contributed by atoms with Crippen LogP contribution >= 0.6 is 24.8 Å². The maximum Gasteiger partial charge on any atom is -0.00127 e. The molecule has 2 nitrogen and oxygen atoms in total. The maximum atomic E-state index is 3.58. The molecule has 4 heteroatoms. The summed E-state index contributed by atoms with van der Waals surface area (Å²) in [5, 5.41) is 3.58. The molecule has 100 valence electrons. The Hall–Kier alpha value is 0.500. The molecular weight excluding hydrogens is 243 g/mol. The molecule has 0 aromatic heterocycles. The van der Waals surface area contributed by atoms with Gasteiger partial charge in [-0.15, -0.1) is 24.8 Å². The van der Waals surface area contributed by atoms with Gasteiger partial charge in [-0.1, -0.05) is 19.3 Å². The van der Waals surface area contributed by atoms with Crippen LogP contribution in [-0.4, -0.2) is 38.6 Å². The Kier molecular flexibility index (Phi) is 14.1. The number of nitrogens with one attached hydrogen (secondary N) is 1. The molecule has 1 aliphatic rings. The van der Waals surface area contributed by atoms with E-state index in [2.05, 4.69) is 24.3 Å².